The molecule has 124 valence electrons. The minimum Gasteiger partial charge on any atom is -0.395 e. The number of aliphatic hydroxyl groups is 1. The Morgan fingerprint density at radius 3 is 2.67 bits per heavy atom. The maximum atomic E-state index is 12.1. The average molecular weight is 330 g/mol. The molecule has 3 N–H and O–H groups in total. The van der Waals surface area contributed by atoms with Crippen LogP contribution in [0.3, 0.4) is 0 Å². The van der Waals surface area contributed by atoms with E-state index >= 15 is 0 Å². The van der Waals surface area contributed by atoms with Gasteiger partial charge in [0.1, 0.15) is 5.70 Å². The number of nitrogens with zero attached hydrogens (tertiary/aromatic N) is 2. The lowest BCUT2D eigenvalue weighted by molar-refractivity contribution is -0.137. The van der Waals surface area contributed by atoms with Crippen LogP contribution in [0.25, 0.3) is 0 Å². The number of carbonyl (C=O) groups is 4. The number of benzene rings is 1. The van der Waals surface area contributed by atoms with E-state index in [1.807, 2.05) is 0 Å². The zero-order chi connectivity index (χ0) is 17.3. The maximum absolute atomic E-state index is 12.1. The summed E-state index contributed by atoms with van der Waals surface area (Å²) in [7, 11) is 0. The predicted molar refractivity (Wildman–Crippen MR) is 82.8 cm³/mol. The van der Waals surface area contributed by atoms with Gasteiger partial charge in [-0.3, -0.25) is 19.3 Å². The molecule has 0 unspecified atom stereocenters. The number of aliphatic hydroxyl groups excluding tert-OH is 1. The van der Waals surface area contributed by atoms with E-state index in [1.54, 1.807) is 18.2 Å². The quantitative estimate of drug-likeness (QED) is 0.490. The molecule has 24 heavy (non-hydrogen) atoms. The molecule has 0 aromatic heterocycles. The number of hydrogen-bond acceptors (Lipinski definition) is 6. The second-order valence-corrected chi connectivity index (χ2v) is 5.14. The molecule has 2 aliphatic heterocycles. The normalized spacial score (nSPS) is 17.5. The van der Waals surface area contributed by atoms with Gasteiger partial charge in [0.15, 0.2) is 0 Å². The van der Waals surface area contributed by atoms with Crippen LogP contribution >= 0.6 is 0 Å². The van der Waals surface area contributed by atoms with Crippen LogP contribution in [0.15, 0.2) is 36.0 Å². The molecule has 0 atom stereocenters. The first kappa shape index (κ1) is 15.7. The average Bonchev–Trinajstić information content (AvgIpc) is 3.02. The van der Waals surface area contributed by atoms with Crippen molar-refractivity contribution in [2.24, 2.45) is 0 Å². The zero-order valence-corrected chi connectivity index (χ0v) is 12.5. The molecule has 0 aliphatic carbocycles. The molecule has 1 fully saturated rings. The zero-order valence-electron chi connectivity index (χ0n) is 12.5. The lowest BCUT2D eigenvalue weighted by Gasteiger charge is -2.15. The fourth-order valence-corrected chi connectivity index (χ4v) is 2.47. The molecule has 0 spiro atoms. The Morgan fingerprint density at radius 1 is 1.21 bits per heavy atom. The van der Waals surface area contributed by atoms with Crippen LogP contribution in [0.1, 0.15) is 0 Å². The van der Waals surface area contributed by atoms with Crippen LogP contribution in [0.2, 0.25) is 0 Å². The number of β-amino-alcohol motifs (C(OH)–C–C–N with tert-alkyl or cyclic N) is 1. The Balaban J connectivity index is 1.80. The van der Waals surface area contributed by atoms with Gasteiger partial charge in [0, 0.05) is 11.8 Å². The molecule has 9 heteroatoms. The van der Waals surface area contributed by atoms with Gasteiger partial charge in [0.05, 0.1) is 25.4 Å². The number of amides is 5. The Labute approximate surface area is 136 Å². The van der Waals surface area contributed by atoms with Gasteiger partial charge in [-0.05, 0) is 18.2 Å². The Hall–Kier alpha value is -3.20. The lowest BCUT2D eigenvalue weighted by atomic mass is 10.2. The number of anilines is 2. The van der Waals surface area contributed by atoms with E-state index in [4.69, 9.17) is 5.11 Å². The highest BCUT2D eigenvalue weighted by molar-refractivity contribution is 6.20. The van der Waals surface area contributed by atoms with Crippen molar-refractivity contribution < 1.29 is 24.3 Å². The van der Waals surface area contributed by atoms with Crippen LogP contribution in [0, 0.1) is 0 Å². The summed E-state index contributed by atoms with van der Waals surface area (Å²) in [6, 6.07) is 5.84. The topological polar surface area (TPSA) is 119 Å². The summed E-state index contributed by atoms with van der Waals surface area (Å²) in [6.07, 6.45) is 1.14. The molecule has 0 bridgehead atoms. The van der Waals surface area contributed by atoms with Gasteiger partial charge in [-0.25, -0.2) is 9.69 Å². The smallest absolute Gasteiger partial charge is 0.329 e. The molecular formula is C15H14N4O5. The summed E-state index contributed by atoms with van der Waals surface area (Å²) in [6.45, 7) is -0.465. The molecule has 2 heterocycles. The summed E-state index contributed by atoms with van der Waals surface area (Å²) < 4.78 is 0. The fraction of sp³-hybridized carbons (Fsp3) is 0.200. The van der Waals surface area contributed by atoms with Crippen molar-refractivity contribution in [2.75, 3.05) is 29.9 Å². The molecule has 1 aromatic carbocycles. The SMILES string of the molecule is O=C1C=C(Nc2cccc(N3C(=O)CNC3=O)c2)C(=O)N1CCO. The molecule has 3 rings (SSSR count). The number of carbonyl (C=O) groups excluding carboxylic acids is 4. The molecule has 1 saturated heterocycles. The highest BCUT2D eigenvalue weighted by atomic mass is 16.3. The molecule has 9 nitrogen and oxygen atoms in total. The largest absolute Gasteiger partial charge is 0.395 e. The van der Waals surface area contributed by atoms with E-state index in [0.717, 1.165) is 15.9 Å². The second kappa shape index (κ2) is 6.13. The van der Waals surface area contributed by atoms with E-state index < -0.39 is 17.8 Å². The molecule has 0 radical (unpaired) electrons. The third-order valence-corrected chi connectivity index (χ3v) is 3.56. The second-order valence-electron chi connectivity index (χ2n) is 5.14. The Kier molecular flexibility index (Phi) is 4.00. The number of rotatable bonds is 5. The standard InChI is InChI=1S/C15H14N4O5/c20-5-4-18-12(21)7-11(14(18)23)17-9-2-1-3-10(6-9)19-13(22)8-16-15(19)24/h1-3,6-7,17,20H,4-5,8H2,(H,16,24). The van der Waals surface area contributed by atoms with Gasteiger partial charge in [0.2, 0.25) is 0 Å². The first-order valence-corrected chi connectivity index (χ1v) is 7.17. The minimum atomic E-state index is -0.547. The summed E-state index contributed by atoms with van der Waals surface area (Å²) in [5, 5.41) is 14.1. The van der Waals surface area contributed by atoms with Crippen LogP contribution < -0.4 is 15.5 Å². The summed E-state index contributed by atoms with van der Waals surface area (Å²) in [5.41, 5.74) is 0.852. The first-order valence-electron chi connectivity index (χ1n) is 7.17. The summed E-state index contributed by atoms with van der Waals surface area (Å²) in [5.74, 6) is -1.44. The van der Waals surface area contributed by atoms with Crippen molar-refractivity contribution in [3.63, 3.8) is 0 Å². The number of imide groups is 2. The third-order valence-electron chi connectivity index (χ3n) is 3.56. The van der Waals surface area contributed by atoms with Gasteiger partial charge < -0.3 is 15.7 Å². The van der Waals surface area contributed by atoms with Crippen molar-refractivity contribution in [2.45, 2.75) is 0 Å². The van der Waals surface area contributed by atoms with Crippen LogP contribution in [0.4, 0.5) is 16.2 Å². The van der Waals surface area contributed by atoms with Crippen molar-refractivity contribution in [3.8, 4) is 0 Å². The van der Waals surface area contributed by atoms with Crippen molar-refractivity contribution in [3.05, 3.63) is 36.0 Å². The summed E-state index contributed by atoms with van der Waals surface area (Å²) in [4.78, 5) is 49.1. The van der Waals surface area contributed by atoms with Crippen molar-refractivity contribution in [1.29, 1.82) is 0 Å². The van der Waals surface area contributed by atoms with Crippen LogP contribution in [-0.2, 0) is 14.4 Å². The summed E-state index contributed by atoms with van der Waals surface area (Å²) >= 11 is 0. The fourth-order valence-electron chi connectivity index (χ4n) is 2.47. The Bertz CT molecular complexity index is 757. The highest BCUT2D eigenvalue weighted by Gasteiger charge is 2.32. The van der Waals surface area contributed by atoms with E-state index in [0.29, 0.717) is 11.4 Å². The number of nitrogens with one attached hydrogen (secondary N) is 2. The molecule has 0 saturated carbocycles. The predicted octanol–water partition coefficient (Wildman–Crippen LogP) is -0.600. The van der Waals surface area contributed by atoms with Gasteiger partial charge in [0.25, 0.3) is 17.7 Å². The molecule has 5 amide bonds. The van der Waals surface area contributed by atoms with Gasteiger partial charge in [-0.2, -0.15) is 0 Å². The Morgan fingerprint density at radius 2 is 2.00 bits per heavy atom. The monoisotopic (exact) mass is 330 g/mol. The van der Waals surface area contributed by atoms with Gasteiger partial charge in [-0.15, -0.1) is 0 Å². The first-order chi connectivity index (χ1) is 11.5. The highest BCUT2D eigenvalue weighted by Crippen LogP contribution is 2.24. The van der Waals surface area contributed by atoms with Gasteiger partial charge in [-0.1, -0.05) is 6.07 Å². The van der Waals surface area contributed by atoms with E-state index in [1.165, 1.54) is 6.07 Å². The van der Waals surface area contributed by atoms with Crippen LogP contribution in [0.5, 0.6) is 0 Å². The van der Waals surface area contributed by atoms with Crippen molar-refractivity contribution in [1.82, 2.24) is 10.2 Å². The lowest BCUT2D eigenvalue weighted by Crippen LogP contribution is -2.34. The molecule has 1 aromatic rings. The number of hydrogen-bond donors (Lipinski definition) is 3. The van der Waals surface area contributed by atoms with E-state index in [-0.39, 0.29) is 31.3 Å². The number of urea groups is 1. The van der Waals surface area contributed by atoms with E-state index in [9.17, 15) is 19.2 Å². The van der Waals surface area contributed by atoms with E-state index in [2.05, 4.69) is 10.6 Å². The minimum absolute atomic E-state index is 0.0581. The third kappa shape index (κ3) is 2.72. The molecular weight excluding hydrogens is 316 g/mol. The van der Waals surface area contributed by atoms with Gasteiger partial charge >= 0.3 is 6.03 Å². The van der Waals surface area contributed by atoms with Crippen LogP contribution in [-0.4, -0.2) is 53.5 Å². The maximum Gasteiger partial charge on any atom is 0.329 e. The van der Waals surface area contributed by atoms with Crippen molar-refractivity contribution >= 4 is 35.1 Å². The molecule has 2 aliphatic rings.